The quantitative estimate of drug-likeness (QED) is 0.685. The summed E-state index contributed by atoms with van der Waals surface area (Å²) in [6.07, 6.45) is 2.55. The van der Waals surface area contributed by atoms with Gasteiger partial charge in [-0.15, -0.1) is 20.4 Å². The van der Waals surface area contributed by atoms with Crippen molar-refractivity contribution in [3.8, 4) is 5.82 Å². The molecule has 2 aliphatic rings. The molecule has 0 unspecified atom stereocenters. The Hall–Kier alpha value is -2.55. The van der Waals surface area contributed by atoms with E-state index in [2.05, 4.69) is 35.3 Å². The Balaban J connectivity index is 1.24. The molecule has 0 radical (unpaired) electrons. The van der Waals surface area contributed by atoms with Crippen molar-refractivity contribution in [2.24, 2.45) is 0 Å². The molecule has 140 valence electrons. The first-order valence-electron chi connectivity index (χ1n) is 9.38. The Kier molecular flexibility index (Phi) is 4.04. The first-order valence-corrected chi connectivity index (χ1v) is 10.2. The van der Waals surface area contributed by atoms with Crippen molar-refractivity contribution in [3.63, 3.8) is 0 Å². The minimum absolute atomic E-state index is 0.675. The number of hydrogen-bond donors (Lipinski definition) is 0. The van der Waals surface area contributed by atoms with Crippen molar-refractivity contribution in [3.05, 3.63) is 34.6 Å². The first-order chi connectivity index (χ1) is 13.2. The van der Waals surface area contributed by atoms with Gasteiger partial charge in [0.25, 0.3) is 0 Å². The van der Waals surface area contributed by atoms with Crippen LogP contribution in [-0.2, 0) is 0 Å². The Morgan fingerprint density at radius 1 is 0.889 bits per heavy atom. The molecule has 9 heteroatoms. The van der Waals surface area contributed by atoms with E-state index in [0.29, 0.717) is 5.92 Å². The van der Waals surface area contributed by atoms with Gasteiger partial charge in [0.15, 0.2) is 11.6 Å². The summed E-state index contributed by atoms with van der Waals surface area (Å²) in [5.41, 5.74) is 2.04. The zero-order chi connectivity index (χ0) is 18.4. The average Bonchev–Trinajstić information content (AvgIpc) is 3.32. The van der Waals surface area contributed by atoms with Crippen LogP contribution in [0, 0.1) is 13.8 Å². The molecule has 1 saturated heterocycles. The van der Waals surface area contributed by atoms with E-state index in [4.69, 9.17) is 0 Å². The fourth-order valence-electron chi connectivity index (χ4n) is 3.44. The van der Waals surface area contributed by atoms with Gasteiger partial charge < -0.3 is 9.80 Å². The topological polar surface area (TPSA) is 75.9 Å². The number of rotatable bonds is 4. The van der Waals surface area contributed by atoms with Gasteiger partial charge in [-0.2, -0.15) is 5.10 Å². The van der Waals surface area contributed by atoms with Crippen LogP contribution in [0.2, 0.25) is 0 Å². The molecule has 3 aromatic heterocycles. The van der Waals surface area contributed by atoms with E-state index in [-0.39, 0.29) is 0 Å². The zero-order valence-electron chi connectivity index (χ0n) is 15.5. The van der Waals surface area contributed by atoms with Gasteiger partial charge in [0.1, 0.15) is 5.01 Å². The van der Waals surface area contributed by atoms with Gasteiger partial charge in [-0.05, 0) is 44.9 Å². The lowest BCUT2D eigenvalue weighted by Crippen LogP contribution is -2.46. The second-order valence-corrected chi connectivity index (χ2v) is 8.25. The summed E-state index contributed by atoms with van der Waals surface area (Å²) in [6, 6.07) is 6.06. The summed E-state index contributed by atoms with van der Waals surface area (Å²) in [7, 11) is 0. The van der Waals surface area contributed by atoms with E-state index in [1.807, 2.05) is 36.7 Å². The van der Waals surface area contributed by atoms with Gasteiger partial charge >= 0.3 is 0 Å². The lowest BCUT2D eigenvalue weighted by Gasteiger charge is -2.34. The summed E-state index contributed by atoms with van der Waals surface area (Å²) in [5, 5.41) is 24.3. The Morgan fingerprint density at radius 2 is 1.59 bits per heavy atom. The predicted octanol–water partition coefficient (Wildman–Crippen LogP) is 2.33. The van der Waals surface area contributed by atoms with E-state index in [0.717, 1.165) is 54.3 Å². The van der Waals surface area contributed by atoms with Crippen LogP contribution in [-0.4, -0.2) is 56.4 Å². The smallest absolute Gasteiger partial charge is 0.208 e. The molecular weight excluding hydrogens is 360 g/mol. The lowest BCUT2D eigenvalue weighted by molar-refractivity contribution is 0.638. The van der Waals surface area contributed by atoms with Gasteiger partial charge in [0.2, 0.25) is 5.13 Å². The lowest BCUT2D eigenvalue weighted by atomic mass is 10.3. The second-order valence-electron chi connectivity index (χ2n) is 7.26. The number of aromatic nitrogens is 6. The van der Waals surface area contributed by atoms with E-state index >= 15 is 0 Å². The molecule has 0 bridgehead atoms. The minimum atomic E-state index is 0.675. The van der Waals surface area contributed by atoms with Crippen LogP contribution in [0.25, 0.3) is 5.82 Å². The summed E-state index contributed by atoms with van der Waals surface area (Å²) in [5.74, 6) is 2.34. The molecular formula is C18H22N8S. The van der Waals surface area contributed by atoms with E-state index in [9.17, 15) is 0 Å². The third-order valence-electron chi connectivity index (χ3n) is 5.09. The molecule has 3 aromatic rings. The maximum atomic E-state index is 4.47. The summed E-state index contributed by atoms with van der Waals surface area (Å²) in [6.45, 7) is 7.69. The van der Waals surface area contributed by atoms with Crippen LogP contribution in [0.15, 0.2) is 18.2 Å². The predicted molar refractivity (Wildman–Crippen MR) is 105 cm³/mol. The van der Waals surface area contributed by atoms with Crippen molar-refractivity contribution in [2.45, 2.75) is 32.6 Å². The third kappa shape index (κ3) is 3.27. The molecule has 27 heavy (non-hydrogen) atoms. The van der Waals surface area contributed by atoms with Crippen molar-refractivity contribution in [2.75, 3.05) is 36.0 Å². The van der Waals surface area contributed by atoms with Gasteiger partial charge in [-0.25, -0.2) is 4.68 Å². The van der Waals surface area contributed by atoms with Crippen LogP contribution in [0.1, 0.15) is 35.2 Å². The molecule has 0 N–H and O–H groups in total. The molecule has 0 aromatic carbocycles. The van der Waals surface area contributed by atoms with E-state index < -0.39 is 0 Å². The van der Waals surface area contributed by atoms with Crippen LogP contribution >= 0.6 is 11.3 Å². The highest BCUT2D eigenvalue weighted by Gasteiger charge is 2.29. The Labute approximate surface area is 161 Å². The Morgan fingerprint density at radius 3 is 2.22 bits per heavy atom. The van der Waals surface area contributed by atoms with Gasteiger partial charge in [0.05, 0.1) is 5.69 Å². The summed E-state index contributed by atoms with van der Waals surface area (Å²) in [4.78, 5) is 4.61. The molecule has 1 aliphatic carbocycles. The van der Waals surface area contributed by atoms with Crippen molar-refractivity contribution >= 4 is 22.3 Å². The van der Waals surface area contributed by atoms with Gasteiger partial charge in [0, 0.05) is 37.8 Å². The number of piperazine rings is 1. The average molecular weight is 382 g/mol. The normalized spacial score (nSPS) is 17.6. The monoisotopic (exact) mass is 382 g/mol. The van der Waals surface area contributed by atoms with Crippen LogP contribution in [0.3, 0.4) is 0 Å². The number of hydrogen-bond acceptors (Lipinski definition) is 8. The first kappa shape index (κ1) is 16.6. The number of aryl methyl sites for hydroxylation is 2. The van der Waals surface area contributed by atoms with Crippen LogP contribution in [0.4, 0.5) is 10.9 Å². The Bertz CT molecular complexity index is 935. The highest BCUT2D eigenvalue weighted by atomic mass is 32.1. The molecule has 4 heterocycles. The minimum Gasteiger partial charge on any atom is -0.352 e. The molecule has 0 spiro atoms. The number of nitrogens with zero attached hydrogens (tertiary/aromatic N) is 8. The largest absolute Gasteiger partial charge is 0.352 e. The summed E-state index contributed by atoms with van der Waals surface area (Å²) < 4.78 is 1.83. The molecule has 1 aliphatic heterocycles. The fourth-order valence-corrected chi connectivity index (χ4v) is 4.50. The number of anilines is 2. The highest BCUT2D eigenvalue weighted by Crippen LogP contribution is 2.42. The highest BCUT2D eigenvalue weighted by molar-refractivity contribution is 7.15. The van der Waals surface area contributed by atoms with Gasteiger partial charge in [-0.3, -0.25) is 0 Å². The summed E-state index contributed by atoms with van der Waals surface area (Å²) >= 11 is 1.76. The maximum absolute atomic E-state index is 4.47. The van der Waals surface area contributed by atoms with Crippen molar-refractivity contribution < 1.29 is 0 Å². The SMILES string of the molecule is Cc1cc(C)n(-c2ccc(N3CCN(c4nnc(C5CC5)s4)CC3)nn2)n1. The third-order valence-corrected chi connectivity index (χ3v) is 6.24. The fraction of sp³-hybridized carbons (Fsp3) is 0.500. The van der Waals surface area contributed by atoms with Crippen molar-refractivity contribution in [1.82, 2.24) is 30.2 Å². The molecule has 1 saturated carbocycles. The van der Waals surface area contributed by atoms with Gasteiger partial charge in [-0.1, -0.05) is 11.3 Å². The van der Waals surface area contributed by atoms with E-state index in [1.165, 1.54) is 17.8 Å². The van der Waals surface area contributed by atoms with Crippen LogP contribution < -0.4 is 9.80 Å². The maximum Gasteiger partial charge on any atom is 0.208 e. The van der Waals surface area contributed by atoms with Crippen LogP contribution in [0.5, 0.6) is 0 Å². The second kappa shape index (κ2) is 6.56. The molecule has 0 amide bonds. The molecule has 2 fully saturated rings. The molecule has 5 rings (SSSR count). The van der Waals surface area contributed by atoms with E-state index in [1.54, 1.807) is 11.3 Å². The molecule has 8 nitrogen and oxygen atoms in total. The van der Waals surface area contributed by atoms with Crippen molar-refractivity contribution in [1.29, 1.82) is 0 Å². The molecule has 0 atom stereocenters. The zero-order valence-corrected chi connectivity index (χ0v) is 16.4. The standard InChI is InChI=1S/C18H22N8S/c1-12-11-13(2)26(23-12)16-6-5-15(19-20-16)24-7-9-25(10-8-24)18-22-21-17(27-18)14-3-4-14/h5-6,11,14H,3-4,7-10H2,1-2H3.